The lowest BCUT2D eigenvalue weighted by molar-refractivity contribution is 0.488. The molecule has 0 fully saturated rings. The zero-order chi connectivity index (χ0) is 14.8. The Hall–Kier alpha value is -2.20. The van der Waals surface area contributed by atoms with Crippen molar-refractivity contribution in [2.75, 3.05) is 5.32 Å². The van der Waals surface area contributed by atoms with Gasteiger partial charge in [-0.05, 0) is 42.8 Å². The van der Waals surface area contributed by atoms with E-state index >= 15 is 0 Å². The van der Waals surface area contributed by atoms with Gasteiger partial charge in [-0.3, -0.25) is 0 Å². The number of benzene rings is 1. The average molecular weight is 302 g/mol. The van der Waals surface area contributed by atoms with Gasteiger partial charge in [-0.1, -0.05) is 11.6 Å². The number of nitrogens with zero attached hydrogens (tertiary/aromatic N) is 2. The molecule has 1 N–H and O–H groups in total. The summed E-state index contributed by atoms with van der Waals surface area (Å²) in [4.78, 5) is 4.43. The summed E-state index contributed by atoms with van der Waals surface area (Å²) in [5.74, 6) is 1.71. The first kappa shape index (κ1) is 13.8. The monoisotopic (exact) mass is 301 g/mol. The van der Waals surface area contributed by atoms with Crippen molar-refractivity contribution in [1.29, 1.82) is 0 Å². The summed E-state index contributed by atoms with van der Waals surface area (Å²) in [7, 11) is 1.97. The first-order chi connectivity index (χ1) is 10.1. The molecule has 1 aromatic carbocycles. The molecule has 0 aliphatic carbocycles. The topological polar surface area (TPSA) is 43.0 Å². The van der Waals surface area contributed by atoms with Crippen molar-refractivity contribution in [2.24, 2.45) is 7.05 Å². The van der Waals surface area contributed by atoms with Crippen LogP contribution in [0.3, 0.4) is 0 Å². The number of nitrogens with one attached hydrogen (secondary N) is 1. The van der Waals surface area contributed by atoms with Crippen LogP contribution in [0.25, 0.3) is 0 Å². The molecule has 4 nitrogen and oxygen atoms in total. The van der Waals surface area contributed by atoms with E-state index in [1.165, 1.54) is 0 Å². The lowest BCUT2D eigenvalue weighted by Gasteiger charge is -2.19. The average Bonchev–Trinajstić information content (AvgIpc) is 3.10. The number of hydrogen-bond donors (Lipinski definition) is 1. The van der Waals surface area contributed by atoms with Crippen molar-refractivity contribution in [3.63, 3.8) is 0 Å². The molecule has 21 heavy (non-hydrogen) atoms. The van der Waals surface area contributed by atoms with Gasteiger partial charge in [0.2, 0.25) is 0 Å². The Balaban J connectivity index is 1.99. The smallest absolute Gasteiger partial charge is 0.143 e. The Labute approximate surface area is 128 Å². The predicted molar refractivity (Wildman–Crippen MR) is 83.6 cm³/mol. The van der Waals surface area contributed by atoms with Crippen LogP contribution < -0.4 is 5.32 Å². The molecule has 0 saturated heterocycles. The normalized spacial score (nSPS) is 12.3. The van der Waals surface area contributed by atoms with Crippen molar-refractivity contribution in [1.82, 2.24) is 9.55 Å². The minimum atomic E-state index is -0.153. The lowest BCUT2D eigenvalue weighted by Crippen LogP contribution is -2.16. The van der Waals surface area contributed by atoms with Gasteiger partial charge >= 0.3 is 0 Å². The molecule has 3 rings (SSSR count). The SMILES string of the molecule is Cc1cc(Cl)ccc1NC(c1ccco1)c1nccn1C. The quantitative estimate of drug-likeness (QED) is 0.786. The van der Waals surface area contributed by atoms with Crippen molar-refractivity contribution in [2.45, 2.75) is 13.0 Å². The molecule has 5 heteroatoms. The minimum absolute atomic E-state index is 0.153. The van der Waals surface area contributed by atoms with Crippen LogP contribution in [0.15, 0.2) is 53.4 Å². The third-order valence-electron chi connectivity index (χ3n) is 3.43. The van der Waals surface area contributed by atoms with E-state index in [4.69, 9.17) is 16.0 Å². The van der Waals surface area contributed by atoms with Crippen LogP contribution in [0.4, 0.5) is 5.69 Å². The summed E-state index contributed by atoms with van der Waals surface area (Å²) < 4.78 is 7.55. The molecule has 0 spiro atoms. The molecule has 108 valence electrons. The summed E-state index contributed by atoms with van der Waals surface area (Å²) in [5.41, 5.74) is 2.08. The standard InChI is InChI=1S/C16H16ClN3O/c1-11-10-12(17)5-6-13(11)19-15(14-4-3-9-21-14)16-18-7-8-20(16)2/h3-10,15,19H,1-2H3. The van der Waals surface area contributed by atoms with Gasteiger partial charge in [0.25, 0.3) is 0 Å². The van der Waals surface area contributed by atoms with Crippen molar-refractivity contribution < 1.29 is 4.42 Å². The second-order valence-electron chi connectivity index (χ2n) is 4.95. The molecule has 0 bridgehead atoms. The van der Waals surface area contributed by atoms with Crippen LogP contribution in [0, 0.1) is 6.92 Å². The highest BCUT2D eigenvalue weighted by molar-refractivity contribution is 6.30. The van der Waals surface area contributed by atoms with E-state index in [0.29, 0.717) is 0 Å². The fourth-order valence-corrected chi connectivity index (χ4v) is 2.54. The van der Waals surface area contributed by atoms with Crippen molar-refractivity contribution >= 4 is 17.3 Å². The summed E-state index contributed by atoms with van der Waals surface area (Å²) in [5, 5.41) is 4.21. The first-order valence-electron chi connectivity index (χ1n) is 6.68. The maximum atomic E-state index is 6.02. The zero-order valence-electron chi connectivity index (χ0n) is 11.9. The zero-order valence-corrected chi connectivity index (χ0v) is 12.6. The molecule has 0 saturated carbocycles. The van der Waals surface area contributed by atoms with E-state index < -0.39 is 0 Å². The number of aromatic nitrogens is 2. The third kappa shape index (κ3) is 2.81. The van der Waals surface area contributed by atoms with Gasteiger partial charge in [0.1, 0.15) is 17.6 Å². The van der Waals surface area contributed by atoms with E-state index in [9.17, 15) is 0 Å². The van der Waals surface area contributed by atoms with Gasteiger partial charge in [0, 0.05) is 30.2 Å². The van der Waals surface area contributed by atoms with Crippen molar-refractivity contribution in [3.05, 3.63) is 71.2 Å². The fourth-order valence-electron chi connectivity index (χ4n) is 2.32. The molecule has 0 radical (unpaired) electrons. The van der Waals surface area contributed by atoms with Crippen LogP contribution in [0.5, 0.6) is 0 Å². The first-order valence-corrected chi connectivity index (χ1v) is 7.06. The molecular weight excluding hydrogens is 286 g/mol. The highest BCUT2D eigenvalue weighted by Gasteiger charge is 2.21. The molecule has 3 aromatic rings. The third-order valence-corrected chi connectivity index (χ3v) is 3.67. The molecule has 0 aliphatic rings. The Morgan fingerprint density at radius 1 is 1.33 bits per heavy atom. The van der Waals surface area contributed by atoms with Crippen molar-refractivity contribution in [3.8, 4) is 0 Å². The minimum Gasteiger partial charge on any atom is -0.467 e. The van der Waals surface area contributed by atoms with Gasteiger partial charge in [-0.25, -0.2) is 4.98 Å². The maximum absolute atomic E-state index is 6.02. The number of halogens is 1. The molecule has 1 atom stereocenters. The van der Waals surface area contributed by atoms with Crippen LogP contribution in [0.1, 0.15) is 23.2 Å². The van der Waals surface area contributed by atoms with Gasteiger partial charge < -0.3 is 14.3 Å². The molecule has 1 unspecified atom stereocenters. The Morgan fingerprint density at radius 2 is 2.19 bits per heavy atom. The number of imidazole rings is 1. The van der Waals surface area contributed by atoms with E-state index in [1.807, 2.05) is 55.1 Å². The van der Waals surface area contributed by atoms with E-state index in [0.717, 1.165) is 27.9 Å². The van der Waals surface area contributed by atoms with Crippen LogP contribution in [0.2, 0.25) is 5.02 Å². The number of anilines is 1. The maximum Gasteiger partial charge on any atom is 0.143 e. The predicted octanol–water partition coefficient (Wildman–Crippen LogP) is 4.18. The second kappa shape index (κ2) is 5.66. The van der Waals surface area contributed by atoms with Crippen LogP contribution >= 0.6 is 11.6 Å². The van der Waals surface area contributed by atoms with Gasteiger partial charge in [0.15, 0.2) is 0 Å². The Kier molecular flexibility index (Phi) is 3.71. The summed E-state index contributed by atoms with van der Waals surface area (Å²) >= 11 is 6.02. The summed E-state index contributed by atoms with van der Waals surface area (Å²) in [6.45, 7) is 2.02. The highest BCUT2D eigenvalue weighted by Crippen LogP contribution is 2.28. The molecule has 2 heterocycles. The highest BCUT2D eigenvalue weighted by atomic mass is 35.5. The molecule has 0 amide bonds. The number of furan rings is 1. The van der Waals surface area contributed by atoms with E-state index in [-0.39, 0.29) is 6.04 Å². The summed E-state index contributed by atoms with van der Waals surface area (Å²) in [6, 6.07) is 9.44. The number of hydrogen-bond acceptors (Lipinski definition) is 3. The van der Waals surface area contributed by atoms with Gasteiger partial charge in [0.05, 0.1) is 6.26 Å². The Morgan fingerprint density at radius 3 is 2.81 bits per heavy atom. The lowest BCUT2D eigenvalue weighted by atomic mass is 10.1. The largest absolute Gasteiger partial charge is 0.467 e. The molecule has 0 aliphatic heterocycles. The van der Waals surface area contributed by atoms with Crippen LogP contribution in [-0.4, -0.2) is 9.55 Å². The molecular formula is C16H16ClN3O. The molecule has 2 aromatic heterocycles. The second-order valence-corrected chi connectivity index (χ2v) is 5.38. The van der Waals surface area contributed by atoms with E-state index in [1.54, 1.807) is 12.5 Å². The van der Waals surface area contributed by atoms with Gasteiger partial charge in [-0.15, -0.1) is 0 Å². The number of rotatable bonds is 4. The fraction of sp³-hybridized carbons (Fsp3) is 0.188. The Bertz CT molecular complexity index is 734. The van der Waals surface area contributed by atoms with E-state index in [2.05, 4.69) is 10.3 Å². The van der Waals surface area contributed by atoms with Crippen LogP contribution in [-0.2, 0) is 7.05 Å². The van der Waals surface area contributed by atoms with Gasteiger partial charge in [-0.2, -0.15) is 0 Å². The summed E-state index contributed by atoms with van der Waals surface area (Å²) in [6.07, 6.45) is 5.37. The number of aryl methyl sites for hydroxylation is 2.